The smallest absolute Gasteiger partial charge is 0.265 e. The van der Waals surface area contributed by atoms with Crippen molar-refractivity contribution in [3.8, 4) is 5.75 Å². The summed E-state index contributed by atoms with van der Waals surface area (Å²) < 4.78 is 42.3. The summed E-state index contributed by atoms with van der Waals surface area (Å²) in [6.45, 7) is 3.74. The Morgan fingerprint density at radius 2 is 1.94 bits per heavy atom. The third-order valence-electron chi connectivity index (χ3n) is 6.04. The minimum atomic E-state index is -3.13. The van der Waals surface area contributed by atoms with Crippen LogP contribution in [0.5, 0.6) is 5.75 Å². The van der Waals surface area contributed by atoms with Crippen molar-refractivity contribution in [2.24, 2.45) is 5.92 Å². The van der Waals surface area contributed by atoms with Crippen LogP contribution < -0.4 is 15.4 Å². The summed E-state index contributed by atoms with van der Waals surface area (Å²) in [7, 11) is -3.13. The van der Waals surface area contributed by atoms with Crippen LogP contribution in [0, 0.1) is 11.7 Å². The Labute approximate surface area is 196 Å². The van der Waals surface area contributed by atoms with Crippen LogP contribution in [0.4, 0.5) is 9.39 Å². The van der Waals surface area contributed by atoms with E-state index < -0.39 is 33.7 Å². The zero-order valence-corrected chi connectivity index (χ0v) is 20.2. The summed E-state index contributed by atoms with van der Waals surface area (Å²) >= 11 is 1.39. The highest BCUT2D eigenvalue weighted by atomic mass is 32.2. The molecule has 2 aromatic rings. The van der Waals surface area contributed by atoms with Gasteiger partial charge in [0.15, 0.2) is 15.9 Å². The van der Waals surface area contributed by atoms with Gasteiger partial charge in [0.1, 0.15) is 16.6 Å². The molecular weight excluding hydrogens is 467 g/mol. The molecule has 0 radical (unpaired) electrons. The van der Waals surface area contributed by atoms with Crippen molar-refractivity contribution >= 4 is 38.0 Å². The molecule has 2 N–H and O–H groups in total. The summed E-state index contributed by atoms with van der Waals surface area (Å²) in [6, 6.07) is 4.96. The van der Waals surface area contributed by atoms with E-state index in [0.717, 1.165) is 29.7 Å². The summed E-state index contributed by atoms with van der Waals surface area (Å²) in [5.41, 5.74) is 1.35. The Hall–Kier alpha value is -2.46. The Bertz CT molecular complexity index is 1160. The number of fused-ring (bicyclic) bond motifs is 1. The maximum absolute atomic E-state index is 13.2. The minimum Gasteiger partial charge on any atom is -0.481 e. The number of amides is 2. The summed E-state index contributed by atoms with van der Waals surface area (Å²) in [5, 5.41) is 6.15. The van der Waals surface area contributed by atoms with Crippen LogP contribution in [0.2, 0.25) is 0 Å². The van der Waals surface area contributed by atoms with Gasteiger partial charge in [-0.2, -0.15) is 0 Å². The lowest BCUT2D eigenvalue weighted by Gasteiger charge is -2.19. The number of nitrogens with one attached hydrogen (secondary N) is 2. The lowest BCUT2D eigenvalue weighted by molar-refractivity contribution is -0.122. The highest BCUT2D eigenvalue weighted by molar-refractivity contribution is 7.91. The van der Waals surface area contributed by atoms with Gasteiger partial charge in [-0.05, 0) is 68.4 Å². The molecule has 33 heavy (non-hydrogen) atoms. The number of ether oxygens (including phenoxy) is 1. The zero-order chi connectivity index (χ0) is 23.8. The van der Waals surface area contributed by atoms with Gasteiger partial charge in [0, 0.05) is 10.9 Å². The van der Waals surface area contributed by atoms with Crippen molar-refractivity contribution in [3.05, 3.63) is 46.1 Å². The molecular formula is C23H27FN2O5S2. The van der Waals surface area contributed by atoms with Crippen LogP contribution in [0.15, 0.2) is 24.3 Å². The average Bonchev–Trinajstić information content (AvgIpc) is 3.27. The van der Waals surface area contributed by atoms with Gasteiger partial charge in [-0.3, -0.25) is 9.59 Å². The molecule has 1 aliphatic heterocycles. The maximum Gasteiger partial charge on any atom is 0.265 e. The van der Waals surface area contributed by atoms with E-state index in [2.05, 4.69) is 17.6 Å². The van der Waals surface area contributed by atoms with Crippen LogP contribution in [0.3, 0.4) is 0 Å². The second-order valence-corrected chi connectivity index (χ2v) is 12.2. The largest absolute Gasteiger partial charge is 0.481 e. The van der Waals surface area contributed by atoms with Gasteiger partial charge in [0.25, 0.3) is 11.8 Å². The monoisotopic (exact) mass is 494 g/mol. The zero-order valence-electron chi connectivity index (χ0n) is 18.5. The van der Waals surface area contributed by atoms with Gasteiger partial charge in [-0.25, -0.2) is 12.8 Å². The van der Waals surface area contributed by atoms with E-state index in [4.69, 9.17) is 4.74 Å². The average molecular weight is 495 g/mol. The number of benzene rings is 1. The number of carbonyl (C=O) groups excluding carboxylic acids is 2. The van der Waals surface area contributed by atoms with Crippen LogP contribution in [-0.2, 0) is 27.5 Å². The number of thiophene rings is 1. The molecule has 10 heteroatoms. The fourth-order valence-corrected chi connectivity index (χ4v) is 7.31. The number of halogens is 1. The van der Waals surface area contributed by atoms with Crippen LogP contribution in [0.25, 0.3) is 0 Å². The molecule has 1 aliphatic carbocycles. The molecule has 2 heterocycles. The van der Waals surface area contributed by atoms with Gasteiger partial charge in [0.05, 0.1) is 17.1 Å². The first kappa shape index (κ1) is 23.7. The number of hydrogen-bond donors (Lipinski definition) is 2. The lowest BCUT2D eigenvalue weighted by Crippen LogP contribution is -2.37. The Balaban J connectivity index is 1.53. The predicted octanol–water partition coefficient (Wildman–Crippen LogP) is 3.33. The molecule has 7 nitrogen and oxygen atoms in total. The van der Waals surface area contributed by atoms with E-state index in [1.165, 1.54) is 35.6 Å². The van der Waals surface area contributed by atoms with Gasteiger partial charge >= 0.3 is 0 Å². The number of rotatable bonds is 6. The molecule has 4 rings (SSSR count). The maximum atomic E-state index is 13.2. The van der Waals surface area contributed by atoms with Crippen molar-refractivity contribution < 1.29 is 27.1 Å². The summed E-state index contributed by atoms with van der Waals surface area (Å²) in [4.78, 5) is 27.1. The van der Waals surface area contributed by atoms with Crippen molar-refractivity contribution in [1.29, 1.82) is 0 Å². The highest BCUT2D eigenvalue weighted by Gasteiger charge is 2.33. The van der Waals surface area contributed by atoms with Gasteiger partial charge in [0.2, 0.25) is 0 Å². The van der Waals surface area contributed by atoms with Crippen molar-refractivity contribution in [2.75, 3.05) is 16.8 Å². The molecule has 0 bridgehead atoms. The van der Waals surface area contributed by atoms with Gasteiger partial charge in [-0.1, -0.05) is 6.92 Å². The molecule has 1 saturated heterocycles. The first-order chi connectivity index (χ1) is 15.6. The Morgan fingerprint density at radius 3 is 2.61 bits per heavy atom. The molecule has 2 amide bonds. The van der Waals surface area contributed by atoms with Gasteiger partial charge < -0.3 is 15.4 Å². The van der Waals surface area contributed by atoms with E-state index in [1.54, 1.807) is 6.92 Å². The molecule has 3 atom stereocenters. The molecule has 1 fully saturated rings. The van der Waals surface area contributed by atoms with Crippen LogP contribution in [0.1, 0.15) is 47.5 Å². The van der Waals surface area contributed by atoms with Crippen molar-refractivity contribution in [2.45, 2.75) is 51.7 Å². The fraction of sp³-hybridized carbons (Fsp3) is 0.478. The molecule has 1 aromatic heterocycles. The SMILES string of the molecule is CC1CCc2c(sc(NC(=O)C(C)Oc3ccc(F)cc3)c2C(=O)NC2CCS(=O)(=O)C2)C1. The van der Waals surface area contributed by atoms with E-state index in [9.17, 15) is 22.4 Å². The molecule has 0 spiro atoms. The number of hydrogen-bond acceptors (Lipinski definition) is 6. The minimum absolute atomic E-state index is 0.0632. The van der Waals surface area contributed by atoms with E-state index >= 15 is 0 Å². The second kappa shape index (κ2) is 9.42. The Kier molecular flexibility index (Phi) is 6.76. The summed E-state index contributed by atoms with van der Waals surface area (Å²) in [5.74, 6) is -0.334. The molecule has 0 saturated carbocycles. The number of anilines is 1. The van der Waals surface area contributed by atoms with E-state index in [1.807, 2.05) is 0 Å². The molecule has 3 unspecified atom stereocenters. The van der Waals surface area contributed by atoms with E-state index in [-0.39, 0.29) is 17.4 Å². The number of carbonyl (C=O) groups is 2. The first-order valence-corrected chi connectivity index (χ1v) is 13.6. The topological polar surface area (TPSA) is 102 Å². The van der Waals surface area contributed by atoms with Crippen LogP contribution in [-0.4, -0.2) is 43.9 Å². The van der Waals surface area contributed by atoms with Crippen LogP contribution >= 0.6 is 11.3 Å². The van der Waals surface area contributed by atoms with Gasteiger partial charge in [-0.15, -0.1) is 11.3 Å². The third kappa shape index (κ3) is 5.55. The number of sulfone groups is 1. The molecule has 1 aromatic carbocycles. The fourth-order valence-electron chi connectivity index (χ4n) is 4.23. The van der Waals surface area contributed by atoms with Crippen molar-refractivity contribution in [1.82, 2.24) is 5.32 Å². The predicted molar refractivity (Wildman–Crippen MR) is 125 cm³/mol. The standard InChI is InChI=1S/C23H27FN2O5S2/c1-13-3-8-18-19(11-13)32-23(20(18)22(28)25-16-9-10-33(29,30)12-16)26-21(27)14(2)31-17-6-4-15(24)5-7-17/h4-7,13-14,16H,3,8-12H2,1-2H3,(H,25,28)(H,26,27). The Morgan fingerprint density at radius 1 is 1.21 bits per heavy atom. The third-order valence-corrected chi connectivity index (χ3v) is 8.98. The highest BCUT2D eigenvalue weighted by Crippen LogP contribution is 2.40. The normalized spacial score (nSPS) is 22.3. The first-order valence-electron chi connectivity index (χ1n) is 11.0. The second-order valence-electron chi connectivity index (χ2n) is 8.83. The van der Waals surface area contributed by atoms with Crippen molar-refractivity contribution in [3.63, 3.8) is 0 Å². The molecule has 178 valence electrons. The van der Waals surface area contributed by atoms with E-state index in [0.29, 0.717) is 28.7 Å². The molecule has 2 aliphatic rings. The quantitative estimate of drug-likeness (QED) is 0.642. The lowest BCUT2D eigenvalue weighted by atomic mass is 9.88. The summed E-state index contributed by atoms with van der Waals surface area (Å²) in [6.07, 6.45) is 2.02.